The molecule has 0 aliphatic carbocycles. The van der Waals surface area contributed by atoms with Gasteiger partial charge in [-0.3, -0.25) is 9.69 Å². The summed E-state index contributed by atoms with van der Waals surface area (Å²) in [7, 11) is 0. The summed E-state index contributed by atoms with van der Waals surface area (Å²) in [5.41, 5.74) is 3.70. The molecule has 0 saturated carbocycles. The standard InChI is InChI=1S/C22H24N2O3/c25-21(23-10-3-4-11-23)20-13-17-7-1-2-8-19(17)15-24(20)14-16-6-5-9-18(12-16)22(26)27/h1-2,5-9,12,20H,3-4,10-11,13-15H2,(H,26,27). The summed E-state index contributed by atoms with van der Waals surface area (Å²) in [6.07, 6.45) is 2.87. The zero-order valence-electron chi connectivity index (χ0n) is 15.3. The number of hydrogen-bond donors (Lipinski definition) is 1. The van der Waals surface area contributed by atoms with E-state index in [-0.39, 0.29) is 17.5 Å². The van der Waals surface area contributed by atoms with Gasteiger partial charge in [0.1, 0.15) is 0 Å². The van der Waals surface area contributed by atoms with E-state index in [0.717, 1.165) is 31.5 Å². The van der Waals surface area contributed by atoms with Gasteiger partial charge in [0.05, 0.1) is 11.6 Å². The molecule has 1 amide bonds. The molecule has 27 heavy (non-hydrogen) atoms. The number of carboxylic acid groups (broad SMARTS) is 1. The summed E-state index contributed by atoms with van der Waals surface area (Å²) < 4.78 is 0. The third kappa shape index (κ3) is 3.74. The summed E-state index contributed by atoms with van der Waals surface area (Å²) in [6.45, 7) is 2.97. The van der Waals surface area contributed by atoms with E-state index in [1.807, 2.05) is 23.1 Å². The molecular weight excluding hydrogens is 340 g/mol. The van der Waals surface area contributed by atoms with Crippen LogP contribution in [0, 0.1) is 0 Å². The zero-order chi connectivity index (χ0) is 18.8. The topological polar surface area (TPSA) is 60.9 Å². The molecule has 1 unspecified atom stereocenters. The van der Waals surface area contributed by atoms with Crippen LogP contribution in [0.15, 0.2) is 48.5 Å². The van der Waals surface area contributed by atoms with Crippen LogP contribution in [0.3, 0.4) is 0 Å². The minimum Gasteiger partial charge on any atom is -0.478 e. The third-order valence-electron chi connectivity index (χ3n) is 5.61. The molecule has 2 aromatic carbocycles. The normalized spacial score (nSPS) is 19.7. The Balaban J connectivity index is 1.61. The van der Waals surface area contributed by atoms with Gasteiger partial charge in [0.25, 0.3) is 0 Å². The van der Waals surface area contributed by atoms with Crippen molar-refractivity contribution >= 4 is 11.9 Å². The molecule has 1 fully saturated rings. The molecule has 0 radical (unpaired) electrons. The van der Waals surface area contributed by atoms with E-state index in [2.05, 4.69) is 17.0 Å². The molecule has 2 aromatic rings. The molecule has 5 nitrogen and oxygen atoms in total. The summed E-state index contributed by atoms with van der Waals surface area (Å²) in [5.74, 6) is -0.720. The fourth-order valence-electron chi connectivity index (χ4n) is 4.17. The fraction of sp³-hybridized carbons (Fsp3) is 0.364. The van der Waals surface area contributed by atoms with E-state index >= 15 is 0 Å². The lowest BCUT2D eigenvalue weighted by molar-refractivity contribution is -0.136. The highest BCUT2D eigenvalue weighted by atomic mass is 16.4. The number of fused-ring (bicyclic) bond motifs is 1. The molecule has 2 aliphatic heterocycles. The van der Waals surface area contributed by atoms with E-state index in [0.29, 0.717) is 19.5 Å². The molecule has 0 aromatic heterocycles. The van der Waals surface area contributed by atoms with E-state index in [1.54, 1.807) is 18.2 Å². The summed E-state index contributed by atoms with van der Waals surface area (Å²) in [4.78, 5) is 28.6. The first-order valence-electron chi connectivity index (χ1n) is 9.53. The molecule has 4 rings (SSSR count). The Bertz CT molecular complexity index is 858. The molecule has 2 aliphatic rings. The second kappa shape index (κ2) is 7.53. The second-order valence-electron chi connectivity index (χ2n) is 7.43. The predicted molar refractivity (Wildman–Crippen MR) is 102 cm³/mol. The number of carbonyl (C=O) groups excluding carboxylic acids is 1. The number of hydrogen-bond acceptors (Lipinski definition) is 3. The molecule has 140 valence electrons. The lowest BCUT2D eigenvalue weighted by Gasteiger charge is -2.38. The van der Waals surface area contributed by atoms with Crippen LogP contribution >= 0.6 is 0 Å². The van der Waals surface area contributed by atoms with Gasteiger partial charge in [-0.15, -0.1) is 0 Å². The van der Waals surface area contributed by atoms with Crippen LogP contribution in [0.25, 0.3) is 0 Å². The lowest BCUT2D eigenvalue weighted by Crippen LogP contribution is -2.50. The highest BCUT2D eigenvalue weighted by molar-refractivity contribution is 5.87. The van der Waals surface area contributed by atoms with E-state index in [4.69, 9.17) is 0 Å². The van der Waals surface area contributed by atoms with E-state index in [9.17, 15) is 14.7 Å². The van der Waals surface area contributed by atoms with Gasteiger partial charge in [0.15, 0.2) is 0 Å². The number of carboxylic acids is 1. The third-order valence-corrected chi connectivity index (χ3v) is 5.61. The van der Waals surface area contributed by atoms with Crippen molar-refractivity contribution in [1.29, 1.82) is 0 Å². The summed E-state index contributed by atoms with van der Waals surface area (Å²) in [6, 6.07) is 15.1. The van der Waals surface area contributed by atoms with Crippen molar-refractivity contribution in [3.05, 3.63) is 70.8 Å². The van der Waals surface area contributed by atoms with Crippen molar-refractivity contribution in [2.45, 2.75) is 38.4 Å². The van der Waals surface area contributed by atoms with Crippen LogP contribution in [0.1, 0.15) is 39.9 Å². The van der Waals surface area contributed by atoms with Crippen molar-refractivity contribution in [3.8, 4) is 0 Å². The number of aromatic carboxylic acids is 1. The SMILES string of the molecule is O=C(O)c1cccc(CN2Cc3ccccc3CC2C(=O)N2CCCC2)c1. The molecule has 0 bridgehead atoms. The first-order valence-corrected chi connectivity index (χ1v) is 9.53. The Morgan fingerprint density at radius 2 is 1.74 bits per heavy atom. The van der Waals surface area contributed by atoms with Gasteiger partial charge in [-0.05, 0) is 48.1 Å². The average Bonchev–Trinajstić information content (AvgIpc) is 3.22. The molecule has 1 N–H and O–H groups in total. The maximum atomic E-state index is 13.2. The van der Waals surface area contributed by atoms with E-state index in [1.165, 1.54) is 11.1 Å². The molecular formula is C22H24N2O3. The van der Waals surface area contributed by atoms with Crippen LogP contribution in [0.5, 0.6) is 0 Å². The number of rotatable bonds is 4. The number of carbonyl (C=O) groups is 2. The van der Waals surface area contributed by atoms with Gasteiger partial charge in [0.2, 0.25) is 5.91 Å². The maximum absolute atomic E-state index is 13.2. The minimum atomic E-state index is -0.925. The quantitative estimate of drug-likeness (QED) is 0.906. The van der Waals surface area contributed by atoms with Crippen LogP contribution in [-0.4, -0.2) is 45.9 Å². The van der Waals surface area contributed by atoms with Crippen molar-refractivity contribution in [1.82, 2.24) is 9.80 Å². The number of likely N-dealkylation sites (tertiary alicyclic amines) is 1. The Morgan fingerprint density at radius 1 is 1.00 bits per heavy atom. The molecule has 0 spiro atoms. The van der Waals surface area contributed by atoms with Crippen LogP contribution in [0.4, 0.5) is 0 Å². The van der Waals surface area contributed by atoms with Gasteiger partial charge < -0.3 is 10.0 Å². The molecule has 1 atom stereocenters. The fourth-order valence-corrected chi connectivity index (χ4v) is 4.17. The van der Waals surface area contributed by atoms with Gasteiger partial charge in [-0.1, -0.05) is 36.4 Å². The monoisotopic (exact) mass is 364 g/mol. The van der Waals surface area contributed by atoms with Gasteiger partial charge in [-0.2, -0.15) is 0 Å². The summed E-state index contributed by atoms with van der Waals surface area (Å²) in [5, 5.41) is 9.25. The number of amides is 1. The van der Waals surface area contributed by atoms with Crippen LogP contribution in [0.2, 0.25) is 0 Å². The minimum absolute atomic E-state index is 0.188. The van der Waals surface area contributed by atoms with Crippen molar-refractivity contribution in [3.63, 3.8) is 0 Å². The Hall–Kier alpha value is -2.66. The largest absolute Gasteiger partial charge is 0.478 e. The lowest BCUT2D eigenvalue weighted by atomic mass is 9.92. The smallest absolute Gasteiger partial charge is 0.335 e. The first-order chi connectivity index (χ1) is 13.1. The van der Waals surface area contributed by atoms with Crippen molar-refractivity contribution in [2.75, 3.05) is 13.1 Å². The molecule has 2 heterocycles. The zero-order valence-corrected chi connectivity index (χ0v) is 15.3. The molecule has 5 heteroatoms. The summed E-state index contributed by atoms with van der Waals surface area (Å²) >= 11 is 0. The first kappa shape index (κ1) is 17.7. The molecule has 1 saturated heterocycles. The Kier molecular flexibility index (Phi) is 4.94. The van der Waals surface area contributed by atoms with Crippen LogP contribution in [-0.2, 0) is 24.3 Å². The second-order valence-corrected chi connectivity index (χ2v) is 7.43. The van der Waals surface area contributed by atoms with E-state index < -0.39 is 5.97 Å². The predicted octanol–water partition coefficient (Wildman–Crippen LogP) is 2.93. The van der Waals surface area contributed by atoms with Gasteiger partial charge in [-0.25, -0.2) is 4.79 Å². The van der Waals surface area contributed by atoms with Gasteiger partial charge >= 0.3 is 5.97 Å². The van der Waals surface area contributed by atoms with Gasteiger partial charge in [0, 0.05) is 26.2 Å². The van der Waals surface area contributed by atoms with Crippen LogP contribution < -0.4 is 0 Å². The Morgan fingerprint density at radius 3 is 2.48 bits per heavy atom. The highest BCUT2D eigenvalue weighted by Gasteiger charge is 2.34. The van der Waals surface area contributed by atoms with Crippen molar-refractivity contribution in [2.24, 2.45) is 0 Å². The maximum Gasteiger partial charge on any atom is 0.335 e. The average molecular weight is 364 g/mol. The number of benzene rings is 2. The number of nitrogens with zero attached hydrogens (tertiary/aromatic N) is 2. The van der Waals surface area contributed by atoms with Crippen molar-refractivity contribution < 1.29 is 14.7 Å². The Labute approximate surface area is 159 Å². The highest BCUT2D eigenvalue weighted by Crippen LogP contribution is 2.27.